The molecule has 2 heterocycles. The molecule has 42 heavy (non-hydrogen) atoms. The van der Waals surface area contributed by atoms with E-state index in [9.17, 15) is 31.1 Å². The molecule has 0 aliphatic carbocycles. The SMILES string of the molecule is CCOC(=O)C[C@@H]1CN(Cc2ccncc2)CCN1Cc1ccc(-c2ccc(C(C)(C(F)(F)F)C(F)(F)F)cc2)cc1. The number of hydrogen-bond donors (Lipinski definition) is 0. The summed E-state index contributed by atoms with van der Waals surface area (Å²) in [6.07, 6.45) is -7.24. The van der Waals surface area contributed by atoms with Crippen molar-refractivity contribution in [3.05, 3.63) is 89.7 Å². The summed E-state index contributed by atoms with van der Waals surface area (Å²) in [7, 11) is 0. The lowest BCUT2D eigenvalue weighted by atomic mass is 9.80. The Labute approximate surface area is 241 Å². The van der Waals surface area contributed by atoms with Crippen LogP contribution in [0.3, 0.4) is 0 Å². The smallest absolute Gasteiger partial charge is 0.406 e. The van der Waals surface area contributed by atoms with Gasteiger partial charge in [-0.15, -0.1) is 0 Å². The summed E-state index contributed by atoms with van der Waals surface area (Å²) in [5.41, 5.74) is -1.56. The van der Waals surface area contributed by atoms with E-state index in [-0.39, 0.29) is 25.4 Å². The number of nitrogens with zero attached hydrogens (tertiary/aromatic N) is 3. The summed E-state index contributed by atoms with van der Waals surface area (Å²) in [4.78, 5) is 21.0. The summed E-state index contributed by atoms with van der Waals surface area (Å²) in [6, 6.07) is 15.5. The first-order valence-corrected chi connectivity index (χ1v) is 13.7. The minimum Gasteiger partial charge on any atom is -0.466 e. The monoisotopic (exact) mass is 593 g/mol. The van der Waals surface area contributed by atoms with Crippen LogP contribution in [0.15, 0.2) is 73.1 Å². The van der Waals surface area contributed by atoms with Gasteiger partial charge in [0.15, 0.2) is 5.41 Å². The van der Waals surface area contributed by atoms with Gasteiger partial charge in [-0.3, -0.25) is 19.6 Å². The van der Waals surface area contributed by atoms with Crippen molar-refractivity contribution in [2.24, 2.45) is 0 Å². The maximum absolute atomic E-state index is 13.4. The third kappa shape index (κ3) is 7.12. The van der Waals surface area contributed by atoms with Crippen molar-refractivity contribution < 1.29 is 35.9 Å². The molecule has 3 aromatic rings. The van der Waals surface area contributed by atoms with Crippen LogP contribution in [0.1, 0.15) is 37.0 Å². The number of rotatable bonds is 9. The highest BCUT2D eigenvalue weighted by Crippen LogP contribution is 2.51. The molecule has 4 rings (SSSR count). The van der Waals surface area contributed by atoms with Gasteiger partial charge in [-0.2, -0.15) is 26.3 Å². The fourth-order valence-electron chi connectivity index (χ4n) is 5.18. The largest absolute Gasteiger partial charge is 0.466 e. The zero-order valence-corrected chi connectivity index (χ0v) is 23.4. The molecule has 226 valence electrons. The number of piperazine rings is 1. The zero-order valence-electron chi connectivity index (χ0n) is 23.4. The van der Waals surface area contributed by atoms with Crippen molar-refractivity contribution in [1.82, 2.24) is 14.8 Å². The van der Waals surface area contributed by atoms with Gasteiger partial charge in [0.2, 0.25) is 0 Å². The Bertz CT molecular complexity index is 1300. The average Bonchev–Trinajstić information content (AvgIpc) is 2.94. The second-order valence-corrected chi connectivity index (χ2v) is 10.6. The lowest BCUT2D eigenvalue weighted by Crippen LogP contribution is -2.53. The Hall–Kier alpha value is -3.44. The molecule has 1 aliphatic rings. The molecule has 5 nitrogen and oxygen atoms in total. The maximum Gasteiger partial charge on any atom is 0.406 e. The second-order valence-electron chi connectivity index (χ2n) is 10.6. The molecule has 0 unspecified atom stereocenters. The molecule has 1 atom stereocenters. The van der Waals surface area contributed by atoms with E-state index in [1.165, 1.54) is 12.1 Å². The number of halogens is 6. The van der Waals surface area contributed by atoms with Crippen molar-refractivity contribution >= 4 is 5.97 Å². The summed E-state index contributed by atoms with van der Waals surface area (Å²) < 4.78 is 85.9. The van der Waals surface area contributed by atoms with E-state index in [4.69, 9.17) is 4.74 Å². The number of ether oxygens (including phenoxy) is 1. The van der Waals surface area contributed by atoms with Crippen LogP contribution in [-0.4, -0.2) is 65.4 Å². The van der Waals surface area contributed by atoms with Gasteiger partial charge in [0, 0.05) is 51.2 Å². The first kappa shape index (κ1) is 31.5. The van der Waals surface area contributed by atoms with Gasteiger partial charge in [-0.05, 0) is 53.8 Å². The summed E-state index contributed by atoms with van der Waals surface area (Å²) in [5.74, 6) is -0.260. The quantitative estimate of drug-likeness (QED) is 0.203. The molecule has 11 heteroatoms. The average molecular weight is 594 g/mol. The minimum absolute atomic E-state index is 0.0663. The van der Waals surface area contributed by atoms with Gasteiger partial charge < -0.3 is 4.74 Å². The second kappa shape index (κ2) is 12.8. The molecule has 0 radical (unpaired) electrons. The van der Waals surface area contributed by atoms with Gasteiger partial charge in [0.05, 0.1) is 13.0 Å². The lowest BCUT2D eigenvalue weighted by molar-refractivity contribution is -0.297. The Morgan fingerprint density at radius 1 is 0.833 bits per heavy atom. The topological polar surface area (TPSA) is 45.7 Å². The number of pyridine rings is 1. The molecule has 0 amide bonds. The van der Waals surface area contributed by atoms with E-state index in [1.807, 2.05) is 24.3 Å². The summed E-state index contributed by atoms with van der Waals surface area (Å²) >= 11 is 0. The molecule has 1 saturated heterocycles. The van der Waals surface area contributed by atoms with Crippen LogP contribution >= 0.6 is 0 Å². The highest BCUT2D eigenvalue weighted by Gasteiger charge is 2.68. The predicted molar refractivity (Wildman–Crippen MR) is 146 cm³/mol. The minimum atomic E-state index is -5.50. The predicted octanol–water partition coefficient (Wildman–Crippen LogP) is 6.77. The number of carbonyl (C=O) groups excluding carboxylic acids is 1. The van der Waals surface area contributed by atoms with Gasteiger partial charge in [-0.1, -0.05) is 48.5 Å². The number of hydrogen-bond acceptors (Lipinski definition) is 5. The van der Waals surface area contributed by atoms with Crippen molar-refractivity contribution in [3.8, 4) is 11.1 Å². The van der Waals surface area contributed by atoms with E-state index in [0.29, 0.717) is 30.8 Å². The molecular weight excluding hydrogens is 560 g/mol. The van der Waals surface area contributed by atoms with Crippen LogP contribution in [0, 0.1) is 0 Å². The number of carbonyl (C=O) groups is 1. The highest BCUT2D eigenvalue weighted by molar-refractivity contribution is 5.70. The first-order valence-electron chi connectivity index (χ1n) is 13.7. The van der Waals surface area contributed by atoms with Gasteiger partial charge >= 0.3 is 18.3 Å². The lowest BCUT2D eigenvalue weighted by Gasteiger charge is -2.41. The van der Waals surface area contributed by atoms with E-state index < -0.39 is 23.3 Å². The molecule has 2 aromatic carbocycles. The Kier molecular flexibility index (Phi) is 9.62. The standard InChI is InChI=1S/C31H33F6N3O2/c1-3-42-28(41)18-27-21-39(19-23-12-14-38-15-13-23)16-17-40(27)20-22-4-6-24(7-5-22)25-8-10-26(11-9-25)29(2,30(32,33)34)31(35,36)37/h4-15,27H,3,16-21H2,1-2H3/t27-/m1/s1. The van der Waals surface area contributed by atoms with Crippen molar-refractivity contribution in [1.29, 1.82) is 0 Å². The highest BCUT2D eigenvalue weighted by atomic mass is 19.4. The van der Waals surface area contributed by atoms with E-state index in [0.717, 1.165) is 42.9 Å². The number of aromatic nitrogens is 1. The van der Waals surface area contributed by atoms with Crippen molar-refractivity contribution in [2.75, 3.05) is 26.2 Å². The molecule has 1 aromatic heterocycles. The van der Waals surface area contributed by atoms with Crippen LogP contribution in [0.25, 0.3) is 11.1 Å². The molecule has 1 fully saturated rings. The third-order valence-electron chi connectivity index (χ3n) is 7.82. The van der Waals surface area contributed by atoms with E-state index >= 15 is 0 Å². The van der Waals surface area contributed by atoms with Crippen LogP contribution in [0.5, 0.6) is 0 Å². The number of benzene rings is 2. The summed E-state index contributed by atoms with van der Waals surface area (Å²) in [5, 5.41) is 0. The van der Waals surface area contributed by atoms with Gasteiger partial charge in [0.25, 0.3) is 0 Å². The molecule has 0 bridgehead atoms. The molecule has 0 saturated carbocycles. The Morgan fingerprint density at radius 3 is 1.93 bits per heavy atom. The fourth-order valence-corrected chi connectivity index (χ4v) is 5.18. The normalized spacial score (nSPS) is 17.3. The van der Waals surface area contributed by atoms with Crippen molar-refractivity contribution in [3.63, 3.8) is 0 Å². The van der Waals surface area contributed by atoms with Crippen LogP contribution < -0.4 is 0 Å². The van der Waals surface area contributed by atoms with Crippen LogP contribution in [0.4, 0.5) is 26.3 Å². The Balaban J connectivity index is 1.46. The summed E-state index contributed by atoms with van der Waals surface area (Å²) in [6.45, 7) is 5.77. The molecule has 0 spiro atoms. The van der Waals surface area contributed by atoms with E-state index in [1.54, 1.807) is 31.5 Å². The molecule has 1 aliphatic heterocycles. The third-order valence-corrected chi connectivity index (χ3v) is 7.82. The Morgan fingerprint density at radius 2 is 1.38 bits per heavy atom. The van der Waals surface area contributed by atoms with Gasteiger partial charge in [0.1, 0.15) is 0 Å². The zero-order chi connectivity index (χ0) is 30.5. The van der Waals surface area contributed by atoms with Crippen LogP contribution in [0.2, 0.25) is 0 Å². The van der Waals surface area contributed by atoms with Gasteiger partial charge in [-0.25, -0.2) is 0 Å². The number of esters is 1. The molecule has 0 N–H and O–H groups in total. The maximum atomic E-state index is 13.4. The fraction of sp³-hybridized carbons (Fsp3) is 0.419. The van der Waals surface area contributed by atoms with Crippen molar-refractivity contribution in [2.45, 2.75) is 57.2 Å². The number of alkyl halides is 6. The van der Waals surface area contributed by atoms with Crippen LogP contribution in [-0.2, 0) is 28.0 Å². The molecular formula is C31H33F6N3O2. The first-order chi connectivity index (χ1) is 19.8. The van der Waals surface area contributed by atoms with E-state index in [2.05, 4.69) is 14.8 Å².